The van der Waals surface area contributed by atoms with Gasteiger partial charge in [0.25, 0.3) is 0 Å². The number of hydrogen-bond acceptors (Lipinski definition) is 3. The van der Waals surface area contributed by atoms with Crippen LogP contribution in [0.15, 0.2) is 66.7 Å². The Morgan fingerprint density at radius 2 is 1.04 bits per heavy atom. The fraction of sp³-hybridized carbons (Fsp3) is 0.120. The zero-order chi connectivity index (χ0) is 19.1. The molecule has 144 valence electrons. The van der Waals surface area contributed by atoms with Gasteiger partial charge >= 0.3 is 0 Å². The molecule has 0 atom stereocenters. The highest BCUT2D eigenvalue weighted by Gasteiger charge is 1.99. The highest BCUT2D eigenvalue weighted by molar-refractivity contribution is 5.76. The summed E-state index contributed by atoms with van der Waals surface area (Å²) in [5, 5.41) is 10.3. The Bertz CT molecular complexity index is 937. The number of hydrogen-bond donors (Lipinski definition) is 1. The summed E-state index contributed by atoms with van der Waals surface area (Å²) in [5.74, 6) is 1.90. The Morgan fingerprint density at radius 3 is 1.50 bits per heavy atom. The Morgan fingerprint density at radius 1 is 0.607 bits per heavy atom. The van der Waals surface area contributed by atoms with Gasteiger partial charge in [0.05, 0.1) is 14.2 Å². The molecule has 3 aromatic rings. The first-order valence-electron chi connectivity index (χ1n) is 8.65. The summed E-state index contributed by atoms with van der Waals surface area (Å²) >= 11 is 0. The van der Waals surface area contributed by atoms with Crippen molar-refractivity contribution in [3.63, 3.8) is 0 Å². The van der Waals surface area contributed by atoms with Crippen LogP contribution in [0.5, 0.6) is 17.2 Å². The van der Waals surface area contributed by atoms with E-state index in [0.717, 1.165) is 33.8 Å². The molecule has 0 aliphatic rings. The van der Waals surface area contributed by atoms with Gasteiger partial charge < -0.3 is 14.6 Å². The molecule has 3 nitrogen and oxygen atoms in total. The van der Waals surface area contributed by atoms with Gasteiger partial charge in [-0.2, -0.15) is 0 Å². The quantitative estimate of drug-likeness (QED) is 0.508. The Balaban J connectivity index is 0.00000280. The molecule has 0 spiro atoms. The highest BCUT2D eigenvalue weighted by atomic mass is 16.5. The van der Waals surface area contributed by atoms with Crippen molar-refractivity contribution < 1.29 is 14.6 Å². The average molecular weight is 374 g/mol. The van der Waals surface area contributed by atoms with Crippen LogP contribution in [0.2, 0.25) is 0 Å². The Kier molecular flexibility index (Phi) is 7.46. The lowest BCUT2D eigenvalue weighted by Gasteiger charge is -2.03. The second-order valence-corrected chi connectivity index (χ2v) is 6.03. The minimum Gasteiger partial charge on any atom is -0.507 e. The maximum Gasteiger partial charge on any atom is 0.123 e. The standard InChI is InChI=1S/C24H22O3.CH4/c1-26-22-13-7-18(8-14-22)3-4-20-6-12-21(24(25)17-20)11-5-19-9-15-23(27-2)16-10-19;/h3-17,25H,1-2H3;1H4/b4-3+,11-5+;. The SMILES string of the molecule is C.COc1ccc(/C=C/c2ccc(/C=C/c3ccc(OC)cc3)c(O)c2)cc1. The molecule has 0 aliphatic carbocycles. The fourth-order valence-corrected chi connectivity index (χ4v) is 2.61. The molecule has 1 N–H and O–H groups in total. The molecule has 0 amide bonds. The van der Waals surface area contributed by atoms with Crippen molar-refractivity contribution in [1.29, 1.82) is 0 Å². The summed E-state index contributed by atoms with van der Waals surface area (Å²) in [7, 11) is 3.30. The number of ether oxygens (including phenoxy) is 2. The van der Waals surface area contributed by atoms with E-state index in [0.29, 0.717) is 0 Å². The van der Waals surface area contributed by atoms with Gasteiger partial charge in [-0.15, -0.1) is 0 Å². The third-order valence-corrected chi connectivity index (χ3v) is 4.21. The lowest BCUT2D eigenvalue weighted by molar-refractivity contribution is 0.414. The topological polar surface area (TPSA) is 38.7 Å². The summed E-state index contributed by atoms with van der Waals surface area (Å²) < 4.78 is 10.3. The van der Waals surface area contributed by atoms with Crippen molar-refractivity contribution in [2.75, 3.05) is 14.2 Å². The normalized spacial score (nSPS) is 10.8. The molecule has 0 saturated carbocycles. The molecule has 0 bridgehead atoms. The van der Waals surface area contributed by atoms with Gasteiger partial charge in [-0.3, -0.25) is 0 Å². The molecule has 0 saturated heterocycles. The van der Waals surface area contributed by atoms with Crippen molar-refractivity contribution in [1.82, 2.24) is 0 Å². The average Bonchev–Trinajstić information content (AvgIpc) is 2.72. The molecule has 28 heavy (non-hydrogen) atoms. The van der Waals surface area contributed by atoms with Crippen molar-refractivity contribution >= 4 is 24.3 Å². The highest BCUT2D eigenvalue weighted by Crippen LogP contribution is 2.23. The predicted octanol–water partition coefficient (Wildman–Crippen LogP) is 6.39. The number of phenolic OH excluding ortho intramolecular Hbond substituents is 1. The van der Waals surface area contributed by atoms with Crippen molar-refractivity contribution in [3.8, 4) is 17.2 Å². The number of rotatable bonds is 6. The second-order valence-electron chi connectivity index (χ2n) is 6.03. The molecule has 3 aromatic carbocycles. The van der Waals surface area contributed by atoms with Crippen LogP contribution in [0.25, 0.3) is 24.3 Å². The third kappa shape index (κ3) is 5.52. The number of phenols is 1. The zero-order valence-corrected chi connectivity index (χ0v) is 15.4. The van der Waals surface area contributed by atoms with E-state index in [1.54, 1.807) is 20.3 Å². The molecule has 0 radical (unpaired) electrons. The van der Waals surface area contributed by atoms with Gasteiger partial charge in [-0.25, -0.2) is 0 Å². The van der Waals surface area contributed by atoms with E-state index in [4.69, 9.17) is 9.47 Å². The molecule has 3 heteroatoms. The van der Waals surface area contributed by atoms with Crippen LogP contribution in [0.1, 0.15) is 29.7 Å². The van der Waals surface area contributed by atoms with E-state index in [-0.39, 0.29) is 13.2 Å². The number of aromatic hydroxyl groups is 1. The largest absolute Gasteiger partial charge is 0.507 e. The van der Waals surface area contributed by atoms with Crippen LogP contribution < -0.4 is 9.47 Å². The molecule has 3 rings (SSSR count). The Hall–Kier alpha value is -3.46. The van der Waals surface area contributed by atoms with Crippen LogP contribution in [-0.4, -0.2) is 19.3 Å². The lowest BCUT2D eigenvalue weighted by atomic mass is 10.1. The fourth-order valence-electron chi connectivity index (χ4n) is 2.61. The van der Waals surface area contributed by atoms with Crippen molar-refractivity contribution in [3.05, 3.63) is 89.0 Å². The summed E-state index contributed by atoms with van der Waals surface area (Å²) in [6.45, 7) is 0. The van der Waals surface area contributed by atoms with Gasteiger partial charge in [0.1, 0.15) is 17.2 Å². The molecular weight excluding hydrogens is 348 g/mol. The molecular formula is C25H26O3. The molecule has 0 aliphatic heterocycles. The minimum atomic E-state index is 0. The Labute approximate surface area is 167 Å². The van der Waals surface area contributed by atoms with Crippen LogP contribution >= 0.6 is 0 Å². The van der Waals surface area contributed by atoms with Gasteiger partial charge in [0.2, 0.25) is 0 Å². The van der Waals surface area contributed by atoms with Crippen LogP contribution in [0, 0.1) is 0 Å². The van der Waals surface area contributed by atoms with E-state index >= 15 is 0 Å². The summed E-state index contributed by atoms with van der Waals surface area (Å²) in [6, 6.07) is 21.2. The van der Waals surface area contributed by atoms with Crippen molar-refractivity contribution in [2.24, 2.45) is 0 Å². The monoisotopic (exact) mass is 374 g/mol. The van der Waals surface area contributed by atoms with Gasteiger partial charge in [0, 0.05) is 5.56 Å². The predicted molar refractivity (Wildman–Crippen MR) is 119 cm³/mol. The summed E-state index contributed by atoms with van der Waals surface area (Å²) in [4.78, 5) is 0. The molecule has 0 aromatic heterocycles. The first kappa shape index (κ1) is 20.8. The number of methoxy groups -OCH3 is 2. The van der Waals surface area contributed by atoms with Gasteiger partial charge in [0.15, 0.2) is 0 Å². The van der Waals surface area contributed by atoms with Crippen molar-refractivity contribution in [2.45, 2.75) is 7.43 Å². The molecule has 0 unspecified atom stereocenters. The van der Waals surface area contributed by atoms with E-state index in [2.05, 4.69) is 0 Å². The maximum atomic E-state index is 10.3. The number of benzene rings is 3. The third-order valence-electron chi connectivity index (χ3n) is 4.21. The lowest BCUT2D eigenvalue weighted by Crippen LogP contribution is -1.82. The maximum absolute atomic E-state index is 10.3. The summed E-state index contributed by atoms with van der Waals surface area (Å²) in [6.07, 6.45) is 7.83. The second kappa shape index (κ2) is 10.0. The zero-order valence-electron chi connectivity index (χ0n) is 15.4. The van der Waals surface area contributed by atoms with E-state index in [1.165, 1.54) is 0 Å². The van der Waals surface area contributed by atoms with E-state index < -0.39 is 0 Å². The van der Waals surface area contributed by atoms with Crippen LogP contribution in [0.3, 0.4) is 0 Å². The van der Waals surface area contributed by atoms with Crippen LogP contribution in [0.4, 0.5) is 0 Å². The molecule has 0 fully saturated rings. The van der Waals surface area contributed by atoms with E-state index in [9.17, 15) is 5.11 Å². The first-order chi connectivity index (χ1) is 13.2. The van der Waals surface area contributed by atoms with E-state index in [1.807, 2.05) is 85.0 Å². The van der Waals surface area contributed by atoms with Crippen LogP contribution in [-0.2, 0) is 0 Å². The first-order valence-corrected chi connectivity index (χ1v) is 8.65. The minimum absolute atomic E-state index is 0. The van der Waals surface area contributed by atoms with Gasteiger partial charge in [-0.1, -0.05) is 68.1 Å². The smallest absolute Gasteiger partial charge is 0.123 e. The molecule has 0 heterocycles. The summed E-state index contributed by atoms with van der Waals surface area (Å²) in [5.41, 5.74) is 3.81. The van der Waals surface area contributed by atoms with Gasteiger partial charge in [-0.05, 0) is 47.0 Å².